The molecule has 0 spiro atoms. The number of anilines is 2. The SMILES string of the molecule is CC(N)c1cc(F)cc(N2CCOCC2)c1.CC(NC(=O)/C=C/c1ccccc1)c1cc(F)cc(N2CCOCC2)c1.O=C(O)/C=C/c1ccccc1. The van der Waals surface area contributed by atoms with Crippen LogP contribution in [0.3, 0.4) is 0 Å². The van der Waals surface area contributed by atoms with Gasteiger partial charge in [0.2, 0.25) is 5.91 Å². The molecule has 9 nitrogen and oxygen atoms in total. The van der Waals surface area contributed by atoms with E-state index in [1.54, 1.807) is 18.2 Å². The van der Waals surface area contributed by atoms with Crippen LogP contribution in [0.5, 0.6) is 0 Å². The number of carbonyl (C=O) groups is 2. The monoisotopic (exact) mass is 726 g/mol. The minimum Gasteiger partial charge on any atom is -0.478 e. The summed E-state index contributed by atoms with van der Waals surface area (Å²) in [7, 11) is 0. The molecule has 0 aromatic heterocycles. The van der Waals surface area contributed by atoms with Crippen LogP contribution in [0.25, 0.3) is 12.2 Å². The number of hydrogen-bond donors (Lipinski definition) is 3. The van der Waals surface area contributed by atoms with E-state index in [0.717, 1.165) is 65.9 Å². The van der Waals surface area contributed by atoms with E-state index in [1.165, 1.54) is 24.3 Å². The van der Waals surface area contributed by atoms with Crippen molar-refractivity contribution in [2.45, 2.75) is 25.9 Å². The lowest BCUT2D eigenvalue weighted by Crippen LogP contribution is -2.36. The van der Waals surface area contributed by atoms with E-state index < -0.39 is 5.97 Å². The summed E-state index contributed by atoms with van der Waals surface area (Å²) in [6, 6.07) is 28.4. The number of benzene rings is 4. The van der Waals surface area contributed by atoms with Crippen molar-refractivity contribution in [1.29, 1.82) is 0 Å². The number of carboxylic acid groups (broad SMARTS) is 1. The first-order chi connectivity index (χ1) is 25.6. The zero-order chi connectivity index (χ0) is 38.0. The fourth-order valence-corrected chi connectivity index (χ4v) is 5.53. The first kappa shape index (κ1) is 40.4. The van der Waals surface area contributed by atoms with Crippen molar-refractivity contribution >= 4 is 35.4 Å². The molecule has 0 bridgehead atoms. The van der Waals surface area contributed by atoms with Crippen LogP contribution in [0.1, 0.15) is 48.2 Å². The maximum atomic E-state index is 14.1. The number of rotatable bonds is 9. The summed E-state index contributed by atoms with van der Waals surface area (Å²) in [5.74, 6) is -1.66. The molecule has 2 aliphatic rings. The smallest absolute Gasteiger partial charge is 0.328 e. The van der Waals surface area contributed by atoms with E-state index in [1.807, 2.05) is 86.6 Å². The number of carboxylic acids is 1. The van der Waals surface area contributed by atoms with E-state index in [4.69, 9.17) is 20.3 Å². The first-order valence-corrected chi connectivity index (χ1v) is 17.6. The molecule has 2 heterocycles. The lowest BCUT2D eigenvalue weighted by atomic mass is 10.1. The van der Waals surface area contributed by atoms with Crippen LogP contribution in [-0.2, 0) is 19.1 Å². The van der Waals surface area contributed by atoms with Gasteiger partial charge >= 0.3 is 5.97 Å². The third-order valence-corrected chi connectivity index (χ3v) is 8.39. The van der Waals surface area contributed by atoms with Gasteiger partial charge in [-0.3, -0.25) is 4.79 Å². The second-order valence-electron chi connectivity index (χ2n) is 12.5. The van der Waals surface area contributed by atoms with Gasteiger partial charge in [-0.1, -0.05) is 60.7 Å². The third-order valence-electron chi connectivity index (χ3n) is 8.39. The second-order valence-corrected chi connectivity index (χ2v) is 12.5. The van der Waals surface area contributed by atoms with Crippen molar-refractivity contribution in [3.63, 3.8) is 0 Å². The zero-order valence-electron chi connectivity index (χ0n) is 30.2. The predicted molar refractivity (Wildman–Crippen MR) is 207 cm³/mol. The van der Waals surface area contributed by atoms with Crippen LogP contribution in [0.2, 0.25) is 0 Å². The number of nitrogens with two attached hydrogens (primary N) is 1. The van der Waals surface area contributed by atoms with Crippen LogP contribution in [-0.4, -0.2) is 69.6 Å². The van der Waals surface area contributed by atoms with E-state index >= 15 is 0 Å². The molecule has 280 valence electrons. The largest absolute Gasteiger partial charge is 0.478 e. The van der Waals surface area contributed by atoms with Gasteiger partial charge < -0.3 is 35.4 Å². The zero-order valence-corrected chi connectivity index (χ0v) is 30.2. The molecule has 0 saturated carbocycles. The molecule has 2 saturated heterocycles. The maximum absolute atomic E-state index is 14.1. The number of amides is 1. The van der Waals surface area contributed by atoms with Gasteiger partial charge in [-0.25, -0.2) is 13.6 Å². The highest BCUT2D eigenvalue weighted by molar-refractivity contribution is 5.92. The quantitative estimate of drug-likeness (QED) is 0.158. The van der Waals surface area contributed by atoms with Gasteiger partial charge in [0.25, 0.3) is 0 Å². The highest BCUT2D eigenvalue weighted by atomic mass is 19.1. The molecule has 11 heteroatoms. The molecule has 2 fully saturated rings. The van der Waals surface area contributed by atoms with Crippen LogP contribution >= 0.6 is 0 Å². The van der Waals surface area contributed by atoms with Crippen molar-refractivity contribution in [2.75, 3.05) is 62.4 Å². The summed E-state index contributed by atoms with van der Waals surface area (Å²) in [6.45, 7) is 9.49. The van der Waals surface area contributed by atoms with Crippen molar-refractivity contribution in [3.05, 3.63) is 143 Å². The minimum atomic E-state index is -0.922. The average molecular weight is 727 g/mol. The van der Waals surface area contributed by atoms with Crippen molar-refractivity contribution in [1.82, 2.24) is 5.32 Å². The molecule has 0 aliphatic carbocycles. The van der Waals surface area contributed by atoms with Crippen molar-refractivity contribution in [2.24, 2.45) is 5.73 Å². The summed E-state index contributed by atoms with van der Waals surface area (Å²) < 4.78 is 38.1. The molecule has 4 aromatic rings. The van der Waals surface area contributed by atoms with E-state index in [-0.39, 0.29) is 29.6 Å². The van der Waals surface area contributed by atoms with Crippen LogP contribution in [0, 0.1) is 11.6 Å². The summed E-state index contributed by atoms with van der Waals surface area (Å²) in [6.07, 6.45) is 5.93. The second kappa shape index (κ2) is 21.2. The number of halogens is 2. The fraction of sp³-hybridized carbons (Fsp3) is 0.286. The third kappa shape index (κ3) is 14.3. The number of aliphatic carboxylic acids is 1. The highest BCUT2D eigenvalue weighted by Gasteiger charge is 2.16. The highest BCUT2D eigenvalue weighted by Crippen LogP contribution is 2.24. The van der Waals surface area contributed by atoms with Gasteiger partial charge in [0.05, 0.1) is 32.5 Å². The van der Waals surface area contributed by atoms with Crippen LogP contribution in [0.4, 0.5) is 20.2 Å². The number of nitrogens with one attached hydrogen (secondary N) is 1. The minimum absolute atomic E-state index is 0.143. The molecule has 2 atom stereocenters. The number of carbonyl (C=O) groups excluding carboxylic acids is 1. The maximum Gasteiger partial charge on any atom is 0.328 e. The summed E-state index contributed by atoms with van der Waals surface area (Å²) in [5.41, 5.74) is 10.9. The normalized spacial score (nSPS) is 15.5. The van der Waals surface area contributed by atoms with Crippen LogP contribution < -0.4 is 20.9 Å². The Kier molecular flexibility index (Phi) is 16.2. The van der Waals surface area contributed by atoms with Gasteiger partial charge in [0.1, 0.15) is 11.6 Å². The Bertz CT molecular complexity index is 1790. The van der Waals surface area contributed by atoms with Gasteiger partial charge in [-0.05, 0) is 84.7 Å². The molecule has 4 aromatic carbocycles. The number of nitrogens with zero attached hydrogens (tertiary/aromatic N) is 2. The molecule has 2 unspecified atom stereocenters. The summed E-state index contributed by atoms with van der Waals surface area (Å²) in [4.78, 5) is 26.5. The fourth-order valence-electron chi connectivity index (χ4n) is 5.53. The van der Waals surface area contributed by atoms with Gasteiger partial charge in [0, 0.05) is 55.7 Å². The molecule has 4 N–H and O–H groups in total. The Balaban J connectivity index is 0.000000197. The molecular weight excluding hydrogens is 678 g/mol. The number of ether oxygens (including phenoxy) is 2. The van der Waals surface area contributed by atoms with Crippen molar-refractivity contribution in [3.8, 4) is 0 Å². The Morgan fingerprint density at radius 1 is 0.698 bits per heavy atom. The predicted octanol–water partition coefficient (Wildman–Crippen LogP) is 7.02. The van der Waals surface area contributed by atoms with E-state index in [0.29, 0.717) is 26.4 Å². The first-order valence-electron chi connectivity index (χ1n) is 17.6. The van der Waals surface area contributed by atoms with E-state index in [2.05, 4.69) is 15.1 Å². The molecule has 0 radical (unpaired) electrons. The van der Waals surface area contributed by atoms with Gasteiger partial charge in [-0.15, -0.1) is 0 Å². The standard InChI is InChI=1S/C21H23FN2O2.C12H17FN2O.C9H8O2/c1-16(23-21(25)8-7-17-5-3-2-4-6-17)18-13-19(22)15-20(14-18)24-9-11-26-12-10-24;1-9(14)10-6-11(13)8-12(7-10)15-2-4-16-5-3-15;10-9(11)7-6-8-4-2-1-3-5-8/h2-8,13-16H,9-12H2,1H3,(H,23,25);6-9H,2-5,14H2,1H3;1-7H,(H,10,11)/b8-7+;;7-6+. The Labute approximate surface area is 310 Å². The molecular formula is C42H48F2N4O5. The number of hydrogen-bond acceptors (Lipinski definition) is 7. The van der Waals surface area contributed by atoms with Crippen molar-refractivity contribution < 1.29 is 33.0 Å². The van der Waals surface area contributed by atoms with Gasteiger partial charge in [0.15, 0.2) is 0 Å². The topological polar surface area (TPSA) is 117 Å². The Hall–Kier alpha value is -5.36. The lowest BCUT2D eigenvalue weighted by molar-refractivity contribution is -0.131. The molecule has 6 rings (SSSR count). The Morgan fingerprint density at radius 3 is 1.58 bits per heavy atom. The van der Waals surface area contributed by atoms with Crippen LogP contribution in [0.15, 0.2) is 109 Å². The van der Waals surface area contributed by atoms with Gasteiger partial charge in [-0.2, -0.15) is 0 Å². The summed E-state index contributed by atoms with van der Waals surface area (Å²) in [5, 5.41) is 11.2. The molecule has 2 aliphatic heterocycles. The molecule has 53 heavy (non-hydrogen) atoms. The van der Waals surface area contributed by atoms with E-state index in [9.17, 15) is 18.4 Å². The number of morpholine rings is 2. The molecule has 1 amide bonds. The summed E-state index contributed by atoms with van der Waals surface area (Å²) >= 11 is 0. The lowest BCUT2D eigenvalue weighted by Gasteiger charge is -2.29. The Morgan fingerprint density at radius 2 is 1.13 bits per heavy atom. The average Bonchev–Trinajstić information content (AvgIpc) is 3.18.